The molecule has 51 heavy (non-hydrogen) atoms. The summed E-state index contributed by atoms with van der Waals surface area (Å²) in [6.45, 7) is 5.54. The number of nitrogens with one attached hydrogen (secondary N) is 5. The van der Waals surface area contributed by atoms with Crippen molar-refractivity contribution < 1.29 is 31.9 Å². The van der Waals surface area contributed by atoms with Gasteiger partial charge < -0.3 is 32.0 Å². The van der Waals surface area contributed by atoms with Gasteiger partial charge in [0.2, 0.25) is 11.8 Å². The Morgan fingerprint density at radius 1 is 1.12 bits per heavy atom. The summed E-state index contributed by atoms with van der Waals surface area (Å²) in [5, 5.41) is 14.2. The smallest absolute Gasteiger partial charge is 0.364 e. The number of aryl methyl sites for hydroxylation is 1. The number of H-pyrrole nitrogens is 1. The van der Waals surface area contributed by atoms with E-state index in [0.717, 1.165) is 17.4 Å². The first-order valence-corrected chi connectivity index (χ1v) is 18.5. The minimum absolute atomic E-state index is 0.0454. The van der Waals surface area contributed by atoms with Crippen LogP contribution in [0, 0.1) is 11.7 Å². The molecule has 7 N–H and O–H groups in total. The largest absolute Gasteiger partial charge is 0.418 e. The number of carbonyl (C=O) groups excluding carboxylic acids is 3. The summed E-state index contributed by atoms with van der Waals surface area (Å²) in [6.07, 6.45) is -4.52. The second kappa shape index (κ2) is 15.4. The lowest BCUT2D eigenvalue weighted by atomic mass is 9.78. The fraction of sp³-hybridized carbons (Fsp3) is 0.382. The normalized spacial score (nSPS) is 17.7. The van der Waals surface area contributed by atoms with Gasteiger partial charge in [0.05, 0.1) is 17.1 Å². The number of nitrogens with zero attached hydrogens (tertiary/aromatic N) is 1. The van der Waals surface area contributed by atoms with E-state index < -0.39 is 52.9 Å². The van der Waals surface area contributed by atoms with Crippen LogP contribution in [0.25, 0.3) is 10.9 Å². The number of halogens is 5. The molecule has 5 rings (SSSR count). The average Bonchev–Trinajstić information content (AvgIpc) is 3.70. The Labute approximate surface area is 314 Å². The number of rotatable bonds is 11. The molecule has 0 bridgehead atoms. The Morgan fingerprint density at radius 2 is 1.84 bits per heavy atom. The summed E-state index contributed by atoms with van der Waals surface area (Å²) in [6, 6.07) is 8.40. The third-order valence-electron chi connectivity index (χ3n) is 8.83. The molecule has 1 aliphatic carbocycles. The van der Waals surface area contributed by atoms with Crippen molar-refractivity contribution in [1.29, 1.82) is 0 Å². The number of hydrogen-bond acceptors (Lipinski definition) is 6. The first kappa shape index (κ1) is 38.4. The van der Waals surface area contributed by atoms with Gasteiger partial charge in [-0.3, -0.25) is 14.4 Å². The predicted octanol–water partition coefficient (Wildman–Crippen LogP) is 5.59. The van der Waals surface area contributed by atoms with Gasteiger partial charge in [-0.2, -0.15) is 13.2 Å². The number of benzene rings is 2. The zero-order valence-corrected chi connectivity index (χ0v) is 31.5. The Hall–Kier alpha value is -3.84. The van der Waals surface area contributed by atoms with Crippen molar-refractivity contribution in [1.82, 2.24) is 31.2 Å². The molecule has 272 valence electrons. The molecule has 4 atom stereocenters. The molecular weight excluding hydrogens is 821 g/mol. The number of fused-ring (bicyclic) bond motifs is 3. The van der Waals surface area contributed by atoms with Crippen LogP contribution >= 0.6 is 46.1 Å². The van der Waals surface area contributed by atoms with Gasteiger partial charge in [0.1, 0.15) is 28.1 Å². The standard InChI is InChI=1S/C34H36F4IN7O3S2/c1-16(2)25(30-43-24(15-51-30)28(40)47)44-31(49)33(12-11-23-20(13-33)19-8-6-9-21(27(19)42-23)34(36,37)38)46-29(48)26(17(3)39)45-32(50)41-14-18-7-4-5-10-22(18)35/h4-10,15-17,25-26,42H,11-14H2,1-3H3,(H2,40,47)(H,44,49)(H,46,48)(H2,41,45,50)/t17-,25+,26+,33-/m1/s1. The molecule has 17 heteroatoms. The molecular formula is C34H36F4IN7O3S2. The van der Waals surface area contributed by atoms with Crippen molar-refractivity contribution in [3.63, 3.8) is 0 Å². The second-order valence-corrected chi connectivity index (χ2v) is 16.0. The number of para-hydroxylation sites is 1. The van der Waals surface area contributed by atoms with Crippen LogP contribution < -0.4 is 27.0 Å². The summed E-state index contributed by atoms with van der Waals surface area (Å²) >= 11 is 8.65. The van der Waals surface area contributed by atoms with Crippen molar-refractivity contribution >= 4 is 79.9 Å². The molecule has 0 fully saturated rings. The van der Waals surface area contributed by atoms with Gasteiger partial charge in [0, 0.05) is 38.9 Å². The number of primary amides is 1. The number of alkyl halides is 4. The molecule has 10 nitrogen and oxygen atoms in total. The van der Waals surface area contributed by atoms with E-state index in [0.29, 0.717) is 27.2 Å². The molecule has 1 aliphatic rings. The van der Waals surface area contributed by atoms with Crippen molar-refractivity contribution in [2.45, 2.75) is 74.3 Å². The van der Waals surface area contributed by atoms with Gasteiger partial charge in [-0.05, 0) is 48.7 Å². The first-order valence-electron chi connectivity index (χ1n) is 16.0. The monoisotopic (exact) mass is 857 g/mol. The van der Waals surface area contributed by atoms with E-state index >= 15 is 0 Å². The van der Waals surface area contributed by atoms with Gasteiger partial charge in [-0.25, -0.2) is 9.37 Å². The van der Waals surface area contributed by atoms with Gasteiger partial charge in [0.15, 0.2) is 5.11 Å². The second-order valence-electron chi connectivity index (χ2n) is 12.8. The fourth-order valence-corrected chi connectivity index (χ4v) is 7.85. The number of aromatic amines is 1. The highest BCUT2D eigenvalue weighted by Crippen LogP contribution is 2.40. The highest BCUT2D eigenvalue weighted by molar-refractivity contribution is 14.1. The van der Waals surface area contributed by atoms with E-state index in [1.807, 2.05) is 13.8 Å². The number of nitrogens with two attached hydrogens (primary N) is 1. The van der Waals surface area contributed by atoms with Crippen molar-refractivity contribution in [2.24, 2.45) is 11.7 Å². The number of hydrogen-bond donors (Lipinski definition) is 6. The number of thiazole rings is 1. The summed E-state index contributed by atoms with van der Waals surface area (Å²) in [4.78, 5) is 47.8. The van der Waals surface area contributed by atoms with Crippen LogP contribution in [0.5, 0.6) is 0 Å². The molecule has 2 heterocycles. The molecule has 2 aromatic carbocycles. The molecule has 2 aromatic heterocycles. The summed E-state index contributed by atoms with van der Waals surface area (Å²) < 4.78 is 55.8. The van der Waals surface area contributed by atoms with Crippen molar-refractivity contribution in [2.75, 3.05) is 0 Å². The Balaban J connectivity index is 1.48. The minimum atomic E-state index is -4.62. The maximum atomic E-state index is 14.6. The van der Waals surface area contributed by atoms with Crippen LogP contribution in [0.4, 0.5) is 17.6 Å². The first-order chi connectivity index (χ1) is 24.0. The summed E-state index contributed by atoms with van der Waals surface area (Å²) in [5.41, 5.74) is 4.32. The predicted molar refractivity (Wildman–Crippen MR) is 199 cm³/mol. The Kier molecular flexibility index (Phi) is 11.6. The van der Waals surface area contributed by atoms with Crippen LogP contribution in [0.15, 0.2) is 47.8 Å². The highest BCUT2D eigenvalue weighted by Gasteiger charge is 2.47. The number of thiocarbonyl (C=S) groups is 1. The van der Waals surface area contributed by atoms with E-state index in [-0.39, 0.29) is 52.0 Å². The fourth-order valence-electron chi connectivity index (χ4n) is 6.11. The van der Waals surface area contributed by atoms with Gasteiger partial charge in [0.25, 0.3) is 5.91 Å². The zero-order valence-electron chi connectivity index (χ0n) is 27.7. The van der Waals surface area contributed by atoms with Crippen LogP contribution in [0.3, 0.4) is 0 Å². The van der Waals surface area contributed by atoms with Crippen molar-refractivity contribution in [3.8, 4) is 0 Å². The average molecular weight is 858 g/mol. The third-order valence-corrected chi connectivity index (χ3v) is 10.7. The lowest BCUT2D eigenvalue weighted by Crippen LogP contribution is -2.66. The number of carbonyl (C=O) groups is 3. The number of amides is 3. The minimum Gasteiger partial charge on any atom is -0.364 e. The molecule has 0 unspecified atom stereocenters. The van der Waals surface area contributed by atoms with Crippen LogP contribution in [-0.2, 0) is 35.2 Å². The zero-order chi connectivity index (χ0) is 37.2. The molecule has 0 saturated heterocycles. The topological polar surface area (TPSA) is 154 Å². The van der Waals surface area contributed by atoms with Crippen molar-refractivity contribution in [3.05, 3.63) is 86.7 Å². The summed E-state index contributed by atoms with van der Waals surface area (Å²) in [7, 11) is 0. The van der Waals surface area contributed by atoms with E-state index in [2.05, 4.69) is 53.8 Å². The SMILES string of the molecule is CC(C)[C@H](NC(=O)[C@@]1(NC(=O)[C@@H](NC(=S)NCc2ccccc2F)[C@@H](C)I)CCc2[nH]c3c(C(F)(F)F)cccc3c2C1)c1nc(C(N)=O)cs1. The Morgan fingerprint density at radius 3 is 2.47 bits per heavy atom. The lowest BCUT2D eigenvalue weighted by Gasteiger charge is -2.39. The maximum Gasteiger partial charge on any atom is 0.418 e. The quantitative estimate of drug-likeness (QED) is 0.0498. The van der Waals surface area contributed by atoms with Crippen LogP contribution in [-0.4, -0.2) is 48.3 Å². The maximum absolute atomic E-state index is 14.6. The van der Waals surface area contributed by atoms with Gasteiger partial charge >= 0.3 is 6.18 Å². The molecule has 0 radical (unpaired) electrons. The van der Waals surface area contributed by atoms with Crippen LogP contribution in [0.1, 0.15) is 71.1 Å². The Bertz CT molecular complexity index is 1970. The molecule has 0 saturated carbocycles. The van der Waals surface area contributed by atoms with E-state index in [1.54, 1.807) is 31.2 Å². The molecule has 0 spiro atoms. The van der Waals surface area contributed by atoms with Crippen LogP contribution in [0.2, 0.25) is 0 Å². The molecule has 3 amide bonds. The van der Waals surface area contributed by atoms with Gasteiger partial charge in [-0.15, -0.1) is 11.3 Å². The molecule has 0 aliphatic heterocycles. The van der Waals surface area contributed by atoms with Gasteiger partial charge in [-0.1, -0.05) is 73.7 Å². The van der Waals surface area contributed by atoms with E-state index in [4.69, 9.17) is 18.0 Å². The number of aromatic nitrogens is 2. The van der Waals surface area contributed by atoms with E-state index in [9.17, 15) is 31.9 Å². The third kappa shape index (κ3) is 8.46. The van der Waals surface area contributed by atoms with E-state index in [1.165, 1.54) is 17.5 Å². The molecule has 4 aromatic rings. The summed E-state index contributed by atoms with van der Waals surface area (Å²) in [5.74, 6) is -2.50. The lowest BCUT2D eigenvalue weighted by molar-refractivity contribution is -0.136. The highest BCUT2D eigenvalue weighted by atomic mass is 127.